The van der Waals surface area contributed by atoms with Gasteiger partial charge in [0.05, 0.1) is 24.4 Å². The molecule has 0 N–H and O–H groups in total. The van der Waals surface area contributed by atoms with Crippen LogP contribution in [0.1, 0.15) is 55.7 Å². The average Bonchev–Trinajstić information content (AvgIpc) is 3.16. The van der Waals surface area contributed by atoms with Gasteiger partial charge in [-0.2, -0.15) is 0 Å². The highest BCUT2D eigenvalue weighted by Gasteiger charge is 2.30. The third-order valence-electron chi connectivity index (χ3n) is 5.54. The van der Waals surface area contributed by atoms with Crippen LogP contribution in [0.2, 0.25) is 0 Å². The molecule has 2 unspecified atom stereocenters. The van der Waals surface area contributed by atoms with Gasteiger partial charge in [0.25, 0.3) is 11.8 Å². The summed E-state index contributed by atoms with van der Waals surface area (Å²) in [5.74, 6) is 0.488. The summed E-state index contributed by atoms with van der Waals surface area (Å²) in [6, 6.07) is 5.98. The second kappa shape index (κ2) is 8.24. The number of thiazole rings is 1. The zero-order valence-electron chi connectivity index (χ0n) is 18.7. The van der Waals surface area contributed by atoms with Crippen molar-refractivity contribution in [1.29, 1.82) is 0 Å². The SMILES string of the molecule is CC1CN(C(=O)c2csc(CN3C(=O)COc4ccc(C(C)(C)C)cc43)n2)CC(C)O1. The Labute approximate surface area is 187 Å². The summed E-state index contributed by atoms with van der Waals surface area (Å²) >= 11 is 1.40. The maximum absolute atomic E-state index is 12.9. The average molecular weight is 444 g/mol. The Balaban J connectivity index is 1.55. The molecular formula is C23H29N3O4S. The molecule has 0 bridgehead atoms. The lowest BCUT2D eigenvalue weighted by molar-refractivity contribution is -0.121. The Bertz CT molecular complexity index is 987. The van der Waals surface area contributed by atoms with E-state index in [0.29, 0.717) is 31.1 Å². The van der Waals surface area contributed by atoms with E-state index in [9.17, 15) is 9.59 Å². The minimum atomic E-state index is -0.113. The Morgan fingerprint density at radius 2 is 1.94 bits per heavy atom. The van der Waals surface area contributed by atoms with Gasteiger partial charge >= 0.3 is 0 Å². The quantitative estimate of drug-likeness (QED) is 0.725. The van der Waals surface area contributed by atoms with E-state index in [1.54, 1.807) is 15.2 Å². The molecule has 2 amide bonds. The largest absolute Gasteiger partial charge is 0.482 e. The molecule has 1 aromatic heterocycles. The first kappa shape index (κ1) is 21.8. The van der Waals surface area contributed by atoms with Crippen molar-refractivity contribution in [3.63, 3.8) is 0 Å². The smallest absolute Gasteiger partial charge is 0.273 e. The molecule has 8 heteroatoms. The highest BCUT2D eigenvalue weighted by atomic mass is 32.1. The van der Waals surface area contributed by atoms with Crippen molar-refractivity contribution in [1.82, 2.24) is 9.88 Å². The van der Waals surface area contributed by atoms with E-state index >= 15 is 0 Å². The van der Waals surface area contributed by atoms with Gasteiger partial charge in [-0.1, -0.05) is 26.8 Å². The van der Waals surface area contributed by atoms with Gasteiger partial charge in [-0.15, -0.1) is 11.3 Å². The molecule has 1 saturated heterocycles. The normalized spacial score (nSPS) is 21.6. The summed E-state index contributed by atoms with van der Waals surface area (Å²) in [5.41, 5.74) is 2.25. The van der Waals surface area contributed by atoms with Crippen LogP contribution in [0.15, 0.2) is 23.6 Å². The fraction of sp³-hybridized carbons (Fsp3) is 0.522. The predicted molar refractivity (Wildman–Crippen MR) is 120 cm³/mol. The third kappa shape index (κ3) is 4.60. The Hall–Kier alpha value is -2.45. The van der Waals surface area contributed by atoms with Crippen LogP contribution in [0.5, 0.6) is 5.75 Å². The molecule has 1 fully saturated rings. The fourth-order valence-corrected chi connectivity index (χ4v) is 4.72. The first-order valence-corrected chi connectivity index (χ1v) is 11.5. The molecule has 3 heterocycles. The number of carbonyl (C=O) groups excluding carboxylic acids is 2. The summed E-state index contributed by atoms with van der Waals surface area (Å²) in [4.78, 5) is 33.7. The molecule has 2 aromatic rings. The zero-order valence-corrected chi connectivity index (χ0v) is 19.5. The van der Waals surface area contributed by atoms with Crippen LogP contribution >= 0.6 is 11.3 Å². The summed E-state index contributed by atoms with van der Waals surface area (Å²) in [5, 5.41) is 2.50. The lowest BCUT2D eigenvalue weighted by atomic mass is 9.86. The van der Waals surface area contributed by atoms with Crippen LogP contribution in [-0.2, 0) is 21.5 Å². The van der Waals surface area contributed by atoms with Crippen LogP contribution in [0, 0.1) is 0 Å². The first-order valence-electron chi connectivity index (χ1n) is 10.6. The number of rotatable bonds is 3. The standard InChI is InChI=1S/C23H29N3O4S/c1-14-9-25(10-15(2)30-14)22(28)17-13-31-20(24-17)11-26-18-8-16(23(3,4)5)6-7-19(18)29-12-21(26)27/h6-8,13-15H,9-12H2,1-5H3. The second-order valence-corrected chi connectivity index (χ2v) is 10.2. The number of nitrogens with zero attached hydrogens (tertiary/aromatic N) is 3. The van der Waals surface area contributed by atoms with Gasteiger partial charge in [-0.25, -0.2) is 4.98 Å². The summed E-state index contributed by atoms with van der Waals surface area (Å²) in [7, 11) is 0. The first-order chi connectivity index (χ1) is 14.6. The van der Waals surface area contributed by atoms with Gasteiger partial charge in [-0.3, -0.25) is 14.5 Å². The molecule has 166 valence electrons. The van der Waals surface area contributed by atoms with Gasteiger partial charge in [-0.05, 0) is 37.0 Å². The van der Waals surface area contributed by atoms with Crippen LogP contribution in [0.3, 0.4) is 0 Å². The lowest BCUT2D eigenvalue weighted by Crippen LogP contribution is -2.48. The van der Waals surface area contributed by atoms with E-state index in [1.807, 2.05) is 32.0 Å². The molecule has 2 aliphatic heterocycles. The summed E-state index contributed by atoms with van der Waals surface area (Å²) < 4.78 is 11.4. The summed E-state index contributed by atoms with van der Waals surface area (Å²) in [6.45, 7) is 11.8. The number of fused-ring (bicyclic) bond motifs is 1. The van der Waals surface area contributed by atoms with Gasteiger partial charge in [0.2, 0.25) is 0 Å². The van der Waals surface area contributed by atoms with E-state index in [-0.39, 0.29) is 36.0 Å². The van der Waals surface area contributed by atoms with Gasteiger partial charge in [0.15, 0.2) is 6.61 Å². The molecular weight excluding hydrogens is 414 g/mol. The Kier molecular flexibility index (Phi) is 5.79. The minimum absolute atomic E-state index is 0.00256. The third-order valence-corrected chi connectivity index (χ3v) is 6.37. The highest BCUT2D eigenvalue weighted by molar-refractivity contribution is 7.09. The van der Waals surface area contributed by atoms with Crippen LogP contribution in [0.25, 0.3) is 0 Å². The molecule has 0 saturated carbocycles. The molecule has 0 aliphatic carbocycles. The molecule has 2 atom stereocenters. The molecule has 0 spiro atoms. The van der Waals surface area contributed by atoms with Crippen LogP contribution in [0.4, 0.5) is 5.69 Å². The second-order valence-electron chi connectivity index (χ2n) is 9.29. The molecule has 31 heavy (non-hydrogen) atoms. The number of benzene rings is 1. The van der Waals surface area contributed by atoms with Gasteiger partial charge in [0, 0.05) is 18.5 Å². The molecule has 0 radical (unpaired) electrons. The number of aromatic nitrogens is 1. The molecule has 2 aliphatic rings. The minimum Gasteiger partial charge on any atom is -0.482 e. The van der Waals surface area contributed by atoms with Gasteiger partial charge < -0.3 is 14.4 Å². The number of hydrogen-bond acceptors (Lipinski definition) is 6. The number of anilines is 1. The number of carbonyl (C=O) groups is 2. The lowest BCUT2D eigenvalue weighted by Gasteiger charge is -2.34. The monoisotopic (exact) mass is 443 g/mol. The molecule has 1 aromatic carbocycles. The van der Waals surface area contributed by atoms with Crippen molar-refractivity contribution in [2.75, 3.05) is 24.6 Å². The predicted octanol–water partition coefficient (Wildman–Crippen LogP) is 3.62. The number of amides is 2. The Morgan fingerprint density at radius 1 is 1.23 bits per heavy atom. The fourth-order valence-electron chi connectivity index (χ4n) is 3.96. The summed E-state index contributed by atoms with van der Waals surface area (Å²) in [6.07, 6.45) is 0.00980. The zero-order chi connectivity index (χ0) is 22.3. The molecule has 4 rings (SSSR count). The van der Waals surface area contributed by atoms with E-state index < -0.39 is 0 Å². The topological polar surface area (TPSA) is 72.0 Å². The van der Waals surface area contributed by atoms with E-state index in [2.05, 4.69) is 25.8 Å². The maximum Gasteiger partial charge on any atom is 0.273 e. The van der Waals surface area contributed by atoms with Crippen molar-refractivity contribution < 1.29 is 19.1 Å². The Morgan fingerprint density at radius 3 is 2.61 bits per heavy atom. The van der Waals surface area contributed by atoms with Crippen molar-refractivity contribution in [2.24, 2.45) is 0 Å². The molecule has 7 nitrogen and oxygen atoms in total. The van der Waals surface area contributed by atoms with Crippen LogP contribution < -0.4 is 9.64 Å². The highest BCUT2D eigenvalue weighted by Crippen LogP contribution is 2.37. The van der Waals surface area contributed by atoms with E-state index in [1.165, 1.54) is 11.3 Å². The van der Waals surface area contributed by atoms with Crippen molar-refractivity contribution in [3.05, 3.63) is 39.8 Å². The number of morpholine rings is 1. The van der Waals surface area contributed by atoms with Crippen LogP contribution in [-0.4, -0.2) is 53.6 Å². The van der Waals surface area contributed by atoms with E-state index in [0.717, 1.165) is 16.3 Å². The van der Waals surface area contributed by atoms with Crippen molar-refractivity contribution in [3.8, 4) is 5.75 Å². The van der Waals surface area contributed by atoms with Gasteiger partial charge in [0.1, 0.15) is 16.5 Å². The van der Waals surface area contributed by atoms with Crippen molar-refractivity contribution in [2.45, 2.75) is 58.8 Å². The van der Waals surface area contributed by atoms with E-state index in [4.69, 9.17) is 9.47 Å². The number of ether oxygens (including phenoxy) is 2. The van der Waals surface area contributed by atoms with Crippen molar-refractivity contribution >= 4 is 28.8 Å². The number of hydrogen-bond donors (Lipinski definition) is 0. The maximum atomic E-state index is 12.9.